The van der Waals surface area contributed by atoms with Gasteiger partial charge in [0.1, 0.15) is 0 Å². The van der Waals surface area contributed by atoms with E-state index in [2.05, 4.69) is 19.1 Å². The van der Waals surface area contributed by atoms with Crippen LogP contribution in [0.3, 0.4) is 0 Å². The normalized spacial score (nSPS) is 66.4. The molecule has 2 unspecified atom stereocenters. The van der Waals surface area contributed by atoms with Crippen LogP contribution in [0.25, 0.3) is 0 Å². The quantitative estimate of drug-likeness (QED) is 0.391. The van der Waals surface area contributed by atoms with Gasteiger partial charge in [0.25, 0.3) is 0 Å². The van der Waals surface area contributed by atoms with Crippen molar-refractivity contribution in [1.29, 1.82) is 0 Å². The van der Waals surface area contributed by atoms with E-state index >= 15 is 0 Å². The molecule has 0 aromatic carbocycles. The maximum Gasteiger partial charge on any atom is -0.0194 e. The largest absolute Gasteiger partial charge is 0.0848 e. The smallest absolute Gasteiger partial charge is 0.0194 e. The van der Waals surface area contributed by atoms with Crippen molar-refractivity contribution in [3.8, 4) is 0 Å². The molecule has 4 aliphatic carbocycles. The first-order valence-corrected chi connectivity index (χ1v) is 6.03. The molecule has 7 atom stereocenters. The fourth-order valence-electron chi connectivity index (χ4n) is 5.35. The van der Waals surface area contributed by atoms with Gasteiger partial charge in [-0.2, -0.15) is 0 Å². The number of fused-ring (bicyclic) bond motifs is 9. The van der Waals surface area contributed by atoms with E-state index < -0.39 is 0 Å². The fourth-order valence-corrected chi connectivity index (χ4v) is 5.35. The van der Waals surface area contributed by atoms with E-state index in [1.807, 2.05) is 0 Å². The molecule has 3 fully saturated rings. The molecular weight excluding hydrogens is 156 g/mol. The van der Waals surface area contributed by atoms with Gasteiger partial charge in [-0.15, -0.1) is 0 Å². The zero-order valence-corrected chi connectivity index (χ0v) is 8.32. The Balaban J connectivity index is 1.79. The van der Waals surface area contributed by atoms with Crippen LogP contribution in [0.1, 0.15) is 26.2 Å². The zero-order chi connectivity index (χ0) is 8.58. The molecule has 4 bridgehead atoms. The van der Waals surface area contributed by atoms with Crippen LogP contribution in [0.15, 0.2) is 12.2 Å². The Hall–Kier alpha value is -0.260. The molecule has 4 rings (SSSR count). The van der Waals surface area contributed by atoms with Crippen LogP contribution in [0, 0.1) is 41.4 Å². The molecule has 0 amide bonds. The molecule has 0 aromatic heterocycles. The standard InChI is InChI=1S/C13H18/c1-7-4-10-6-11(7)13-9-3-2-8(5-9)12(10)13/h2-3,7-13H,4-6H2,1H3/t7-,8-,9+,10+,11+,12?,13?/m0/s1. The molecule has 0 aromatic rings. The highest BCUT2D eigenvalue weighted by Crippen LogP contribution is 2.66. The Morgan fingerprint density at radius 2 is 1.69 bits per heavy atom. The lowest BCUT2D eigenvalue weighted by molar-refractivity contribution is 0.160. The van der Waals surface area contributed by atoms with Gasteiger partial charge in [-0.05, 0) is 60.7 Å². The highest BCUT2D eigenvalue weighted by molar-refractivity contribution is 5.20. The van der Waals surface area contributed by atoms with Crippen molar-refractivity contribution in [3.63, 3.8) is 0 Å². The van der Waals surface area contributed by atoms with Crippen LogP contribution in [0.5, 0.6) is 0 Å². The van der Waals surface area contributed by atoms with Crippen molar-refractivity contribution in [2.45, 2.75) is 26.2 Å². The minimum atomic E-state index is 1.01. The van der Waals surface area contributed by atoms with Gasteiger partial charge in [0.15, 0.2) is 0 Å². The SMILES string of the molecule is C[C@H]1C[C@@H]2C[C@H]1C1C2[C@H]2C=C[C@@H]1C2. The average Bonchev–Trinajstić information content (AvgIpc) is 2.78. The maximum atomic E-state index is 2.54. The Labute approximate surface area is 80.4 Å². The third-order valence-corrected chi connectivity index (χ3v) is 5.60. The van der Waals surface area contributed by atoms with Gasteiger partial charge in [-0.25, -0.2) is 0 Å². The van der Waals surface area contributed by atoms with Gasteiger partial charge in [0, 0.05) is 0 Å². The van der Waals surface area contributed by atoms with E-state index in [9.17, 15) is 0 Å². The first-order chi connectivity index (χ1) is 6.34. The Morgan fingerprint density at radius 3 is 2.54 bits per heavy atom. The fraction of sp³-hybridized carbons (Fsp3) is 0.846. The molecule has 70 valence electrons. The van der Waals surface area contributed by atoms with Gasteiger partial charge in [0.2, 0.25) is 0 Å². The van der Waals surface area contributed by atoms with Crippen molar-refractivity contribution < 1.29 is 0 Å². The summed E-state index contributed by atoms with van der Waals surface area (Å²) in [6, 6.07) is 0. The molecule has 0 aliphatic heterocycles. The first kappa shape index (κ1) is 7.09. The van der Waals surface area contributed by atoms with Crippen LogP contribution in [0.2, 0.25) is 0 Å². The predicted octanol–water partition coefficient (Wildman–Crippen LogP) is 3.10. The predicted molar refractivity (Wildman–Crippen MR) is 53.1 cm³/mol. The third-order valence-electron chi connectivity index (χ3n) is 5.60. The van der Waals surface area contributed by atoms with Crippen molar-refractivity contribution in [2.75, 3.05) is 0 Å². The van der Waals surface area contributed by atoms with Crippen LogP contribution in [-0.2, 0) is 0 Å². The summed E-state index contributed by atoms with van der Waals surface area (Å²) in [5.41, 5.74) is 0. The van der Waals surface area contributed by atoms with Crippen molar-refractivity contribution in [1.82, 2.24) is 0 Å². The molecule has 4 aliphatic rings. The molecule has 0 heterocycles. The minimum absolute atomic E-state index is 1.01. The van der Waals surface area contributed by atoms with Gasteiger partial charge in [-0.3, -0.25) is 0 Å². The van der Waals surface area contributed by atoms with Crippen molar-refractivity contribution in [2.24, 2.45) is 41.4 Å². The second kappa shape index (κ2) is 2.04. The highest BCUT2D eigenvalue weighted by Gasteiger charge is 2.59. The van der Waals surface area contributed by atoms with Gasteiger partial charge >= 0.3 is 0 Å². The van der Waals surface area contributed by atoms with E-state index in [-0.39, 0.29) is 0 Å². The molecule has 0 radical (unpaired) electrons. The summed E-state index contributed by atoms with van der Waals surface area (Å²) in [5, 5.41) is 0. The van der Waals surface area contributed by atoms with Crippen LogP contribution in [0.4, 0.5) is 0 Å². The number of allylic oxidation sites excluding steroid dienone is 2. The Kier molecular flexibility index (Phi) is 1.11. The topological polar surface area (TPSA) is 0 Å². The van der Waals surface area contributed by atoms with E-state index in [0.717, 1.165) is 41.4 Å². The van der Waals surface area contributed by atoms with Gasteiger partial charge in [-0.1, -0.05) is 19.1 Å². The lowest BCUT2D eigenvalue weighted by Crippen LogP contribution is -2.29. The second-order valence-corrected chi connectivity index (χ2v) is 5.98. The van der Waals surface area contributed by atoms with Crippen LogP contribution >= 0.6 is 0 Å². The average molecular weight is 174 g/mol. The monoisotopic (exact) mass is 174 g/mol. The number of rotatable bonds is 0. The van der Waals surface area contributed by atoms with E-state index in [1.54, 1.807) is 12.8 Å². The molecule has 0 heteroatoms. The third kappa shape index (κ3) is 0.671. The van der Waals surface area contributed by atoms with Gasteiger partial charge in [0.05, 0.1) is 0 Å². The summed E-state index contributed by atoms with van der Waals surface area (Å²) < 4.78 is 0. The van der Waals surface area contributed by atoms with Crippen molar-refractivity contribution in [3.05, 3.63) is 12.2 Å². The Bertz CT molecular complexity index is 278. The van der Waals surface area contributed by atoms with Crippen LogP contribution < -0.4 is 0 Å². The van der Waals surface area contributed by atoms with Gasteiger partial charge < -0.3 is 0 Å². The maximum absolute atomic E-state index is 2.54. The summed E-state index contributed by atoms with van der Waals surface area (Å²) >= 11 is 0. The van der Waals surface area contributed by atoms with E-state index in [4.69, 9.17) is 0 Å². The molecule has 0 spiro atoms. The lowest BCUT2D eigenvalue weighted by Gasteiger charge is -2.35. The molecule has 0 nitrogen and oxygen atoms in total. The highest BCUT2D eigenvalue weighted by atomic mass is 14.6. The minimum Gasteiger partial charge on any atom is -0.0848 e. The van der Waals surface area contributed by atoms with E-state index in [0.29, 0.717) is 0 Å². The second-order valence-electron chi connectivity index (χ2n) is 5.98. The number of hydrogen-bond donors (Lipinski definition) is 0. The Morgan fingerprint density at radius 1 is 0.923 bits per heavy atom. The zero-order valence-electron chi connectivity index (χ0n) is 8.32. The molecule has 0 N–H and O–H groups in total. The molecule has 0 saturated heterocycles. The molecule has 13 heavy (non-hydrogen) atoms. The summed E-state index contributed by atoms with van der Waals surface area (Å²) in [6.45, 7) is 2.50. The molecular formula is C13H18. The lowest BCUT2D eigenvalue weighted by atomic mass is 9.70. The number of hydrogen-bond acceptors (Lipinski definition) is 0. The van der Waals surface area contributed by atoms with Crippen LogP contribution in [-0.4, -0.2) is 0 Å². The summed E-state index contributed by atoms with van der Waals surface area (Å²) in [4.78, 5) is 0. The summed E-state index contributed by atoms with van der Waals surface area (Å²) in [6.07, 6.45) is 9.75. The summed E-state index contributed by atoms with van der Waals surface area (Å²) in [7, 11) is 0. The summed E-state index contributed by atoms with van der Waals surface area (Å²) in [5.74, 6) is 7.59. The van der Waals surface area contributed by atoms with Crippen molar-refractivity contribution >= 4 is 0 Å². The van der Waals surface area contributed by atoms with E-state index in [1.165, 1.54) is 6.42 Å². The molecule has 3 saturated carbocycles. The first-order valence-electron chi connectivity index (χ1n) is 6.03.